The molecule has 0 aromatic heterocycles. The van der Waals surface area contributed by atoms with Crippen LogP contribution in [0.5, 0.6) is 0 Å². The molecule has 0 spiro atoms. The average molecular weight is 440 g/mol. The summed E-state index contributed by atoms with van der Waals surface area (Å²) in [6.07, 6.45) is 1.08. The SMILES string of the molecule is CC(C)(C)CO.CC1=C(C)C(C)=C(c2[c-]c3ccccc3cc2)C1.[Cl-].[Cl-].[Ti+3]. The molecule has 2 aromatic rings. The first-order valence-corrected chi connectivity index (χ1v) is 8.61. The van der Waals surface area contributed by atoms with Crippen LogP contribution in [0.25, 0.3) is 16.3 Å². The van der Waals surface area contributed by atoms with E-state index in [1.165, 1.54) is 38.6 Å². The van der Waals surface area contributed by atoms with E-state index in [1.54, 1.807) is 0 Å². The van der Waals surface area contributed by atoms with Crippen LogP contribution in [-0.2, 0) is 21.7 Å². The van der Waals surface area contributed by atoms with Crippen LogP contribution >= 0.6 is 0 Å². The molecule has 0 unspecified atom stereocenters. The summed E-state index contributed by atoms with van der Waals surface area (Å²) in [7, 11) is 0. The van der Waals surface area contributed by atoms with Gasteiger partial charge < -0.3 is 29.9 Å². The number of halogens is 2. The van der Waals surface area contributed by atoms with Crippen molar-refractivity contribution in [3.8, 4) is 0 Å². The molecule has 1 nitrogen and oxygen atoms in total. The van der Waals surface area contributed by atoms with E-state index in [0.29, 0.717) is 0 Å². The monoisotopic (exact) mass is 439 g/mol. The molecule has 0 atom stereocenters. The van der Waals surface area contributed by atoms with Crippen LogP contribution in [0.2, 0.25) is 0 Å². The zero-order valence-corrected chi connectivity index (χ0v) is 20.2. The van der Waals surface area contributed by atoms with Gasteiger partial charge in [0, 0.05) is 6.61 Å². The summed E-state index contributed by atoms with van der Waals surface area (Å²) < 4.78 is 0. The summed E-state index contributed by atoms with van der Waals surface area (Å²) in [5.41, 5.74) is 7.16. The van der Waals surface area contributed by atoms with Gasteiger partial charge in [0.2, 0.25) is 0 Å². The first-order chi connectivity index (χ1) is 11.2. The van der Waals surface area contributed by atoms with Crippen molar-refractivity contribution in [2.75, 3.05) is 6.61 Å². The molecule has 2 aromatic carbocycles. The number of hydrogen-bond acceptors (Lipinski definition) is 1. The molecular formula is C23H29Cl2OTi. The standard InChI is InChI=1S/C18H17.C5H12O.2ClH.Ti/c1-12-10-18(14(3)13(12)2)17-9-8-15-6-4-5-7-16(15)11-17;1-5(2,3)4-6;;;/h4-9H,10H2,1-3H3;6H,4H2,1-3H3;2*1H;/q-1;;;;+3/p-2. The van der Waals surface area contributed by atoms with Crippen LogP contribution in [-0.4, -0.2) is 11.7 Å². The molecule has 0 heterocycles. The fraction of sp³-hybridized carbons (Fsp3) is 0.391. The normalized spacial score (nSPS) is 13.3. The van der Waals surface area contributed by atoms with E-state index in [9.17, 15) is 0 Å². The van der Waals surface area contributed by atoms with Crippen molar-refractivity contribution in [1.29, 1.82) is 0 Å². The molecule has 145 valence electrons. The van der Waals surface area contributed by atoms with Gasteiger partial charge in [-0.15, -0.1) is 35.2 Å². The van der Waals surface area contributed by atoms with Gasteiger partial charge >= 0.3 is 21.7 Å². The van der Waals surface area contributed by atoms with Gasteiger partial charge in [-0.05, 0) is 32.6 Å². The van der Waals surface area contributed by atoms with Crippen LogP contribution in [0, 0.1) is 11.5 Å². The summed E-state index contributed by atoms with van der Waals surface area (Å²) >= 11 is 0. The second-order valence-electron chi connectivity index (χ2n) is 7.86. The molecule has 27 heavy (non-hydrogen) atoms. The molecule has 3 rings (SSSR count). The molecule has 0 saturated carbocycles. The Kier molecular flexibility index (Phi) is 12.8. The molecule has 1 aliphatic rings. The van der Waals surface area contributed by atoms with Gasteiger partial charge in [0.05, 0.1) is 0 Å². The van der Waals surface area contributed by atoms with Crippen LogP contribution in [0.15, 0.2) is 53.1 Å². The predicted molar refractivity (Wildman–Crippen MR) is 105 cm³/mol. The van der Waals surface area contributed by atoms with Gasteiger partial charge in [-0.1, -0.05) is 66.6 Å². The third-order valence-electron chi connectivity index (χ3n) is 4.56. The molecule has 0 bridgehead atoms. The third kappa shape index (κ3) is 7.76. The number of aliphatic hydroxyl groups excluding tert-OH is 1. The van der Waals surface area contributed by atoms with Crippen LogP contribution in [0.1, 0.15) is 53.5 Å². The van der Waals surface area contributed by atoms with Crippen LogP contribution in [0.4, 0.5) is 0 Å². The smallest absolute Gasteiger partial charge is 1.00 e. The molecule has 0 saturated heterocycles. The minimum Gasteiger partial charge on any atom is -1.00 e. The zero-order chi connectivity index (χ0) is 17.9. The van der Waals surface area contributed by atoms with Crippen molar-refractivity contribution in [2.45, 2.75) is 48.0 Å². The number of allylic oxidation sites excluding steroid dienone is 4. The minimum absolute atomic E-state index is 0. The van der Waals surface area contributed by atoms with E-state index in [4.69, 9.17) is 5.11 Å². The molecule has 1 N–H and O–H groups in total. The number of fused-ring (bicyclic) bond motifs is 1. The van der Waals surface area contributed by atoms with E-state index < -0.39 is 0 Å². The quantitative estimate of drug-likeness (QED) is 0.496. The molecule has 0 amide bonds. The maximum atomic E-state index is 8.40. The van der Waals surface area contributed by atoms with Gasteiger partial charge in [0.1, 0.15) is 0 Å². The second-order valence-corrected chi connectivity index (χ2v) is 7.86. The first kappa shape index (κ1) is 28.6. The van der Waals surface area contributed by atoms with Gasteiger partial charge in [0.25, 0.3) is 0 Å². The molecule has 4 heteroatoms. The van der Waals surface area contributed by atoms with Gasteiger partial charge in [-0.25, -0.2) is 0 Å². The van der Waals surface area contributed by atoms with E-state index in [1.807, 2.05) is 20.8 Å². The van der Waals surface area contributed by atoms with Crippen molar-refractivity contribution >= 4 is 16.3 Å². The van der Waals surface area contributed by atoms with Crippen molar-refractivity contribution < 1.29 is 51.6 Å². The fourth-order valence-corrected chi connectivity index (χ4v) is 2.67. The maximum absolute atomic E-state index is 8.40. The van der Waals surface area contributed by atoms with Crippen molar-refractivity contribution in [3.05, 3.63) is 64.7 Å². The molecule has 1 radical (unpaired) electrons. The summed E-state index contributed by atoms with van der Waals surface area (Å²) in [4.78, 5) is 0. The van der Waals surface area contributed by atoms with Crippen LogP contribution < -0.4 is 24.8 Å². The van der Waals surface area contributed by atoms with Crippen molar-refractivity contribution in [3.63, 3.8) is 0 Å². The van der Waals surface area contributed by atoms with Crippen molar-refractivity contribution in [1.82, 2.24) is 0 Å². The Morgan fingerprint density at radius 2 is 1.48 bits per heavy atom. The second kappa shape index (κ2) is 12.1. The molecule has 0 fully saturated rings. The Morgan fingerprint density at radius 3 is 1.96 bits per heavy atom. The van der Waals surface area contributed by atoms with E-state index in [-0.39, 0.29) is 58.6 Å². The zero-order valence-electron chi connectivity index (χ0n) is 17.1. The summed E-state index contributed by atoms with van der Waals surface area (Å²) in [5.74, 6) is 0. The number of benzene rings is 2. The van der Waals surface area contributed by atoms with Crippen molar-refractivity contribution in [2.24, 2.45) is 5.41 Å². The molecular weight excluding hydrogens is 411 g/mol. The van der Waals surface area contributed by atoms with E-state index in [2.05, 4.69) is 63.2 Å². The Labute approximate surface area is 192 Å². The van der Waals surface area contributed by atoms with E-state index >= 15 is 0 Å². The predicted octanol–water partition coefficient (Wildman–Crippen LogP) is 0.184. The third-order valence-corrected chi connectivity index (χ3v) is 4.56. The fourth-order valence-electron chi connectivity index (χ4n) is 2.67. The van der Waals surface area contributed by atoms with Gasteiger partial charge in [-0.2, -0.15) is 0 Å². The van der Waals surface area contributed by atoms with Gasteiger partial charge in [0.15, 0.2) is 0 Å². The maximum Gasteiger partial charge on any atom is 3.00 e. The molecule has 1 aliphatic carbocycles. The van der Waals surface area contributed by atoms with Crippen LogP contribution in [0.3, 0.4) is 0 Å². The average Bonchev–Trinajstić information content (AvgIpc) is 2.82. The molecule has 0 aliphatic heterocycles. The topological polar surface area (TPSA) is 20.2 Å². The van der Waals surface area contributed by atoms with Gasteiger partial charge in [-0.3, -0.25) is 0 Å². The largest absolute Gasteiger partial charge is 3.00 e. The number of hydrogen-bond donors (Lipinski definition) is 1. The Hall–Kier alpha value is -0.566. The van der Waals surface area contributed by atoms with E-state index in [0.717, 1.165) is 6.42 Å². The number of aliphatic hydroxyl groups is 1. The Morgan fingerprint density at radius 1 is 0.926 bits per heavy atom. The Balaban J connectivity index is 0. The minimum atomic E-state index is 0. The summed E-state index contributed by atoms with van der Waals surface area (Å²) in [6, 6.07) is 16.4. The first-order valence-electron chi connectivity index (χ1n) is 8.61. The number of rotatable bonds is 1. The summed E-state index contributed by atoms with van der Waals surface area (Å²) in [6.45, 7) is 12.9. The Bertz CT molecular complexity index is 801. The summed E-state index contributed by atoms with van der Waals surface area (Å²) in [5, 5.41) is 10.9.